The van der Waals surface area contributed by atoms with Gasteiger partial charge in [-0.1, -0.05) is 6.07 Å². The molecule has 1 saturated carbocycles. The predicted octanol–water partition coefficient (Wildman–Crippen LogP) is 2.63. The Hall–Kier alpha value is -1.96. The zero-order chi connectivity index (χ0) is 19.3. The van der Waals surface area contributed by atoms with Gasteiger partial charge in [-0.25, -0.2) is 18.6 Å². The third kappa shape index (κ3) is 3.32. The van der Waals surface area contributed by atoms with Crippen LogP contribution in [-0.4, -0.2) is 53.1 Å². The molecule has 2 unspecified atom stereocenters. The fourth-order valence-electron chi connectivity index (χ4n) is 5.13. The van der Waals surface area contributed by atoms with Gasteiger partial charge >= 0.3 is 6.03 Å². The minimum Gasteiger partial charge on any atom is -0.348 e. The van der Waals surface area contributed by atoms with E-state index in [1.165, 1.54) is 12.8 Å². The first-order valence-corrected chi connectivity index (χ1v) is 10.4. The summed E-state index contributed by atoms with van der Waals surface area (Å²) in [6, 6.07) is 4.87. The molecule has 5 rings (SSSR count). The van der Waals surface area contributed by atoms with Gasteiger partial charge in [-0.15, -0.1) is 0 Å². The number of rotatable bonds is 2. The van der Waals surface area contributed by atoms with E-state index in [-0.39, 0.29) is 24.9 Å². The number of anilines is 1. The van der Waals surface area contributed by atoms with Crippen LogP contribution in [0.1, 0.15) is 49.8 Å². The molecule has 0 spiro atoms. The number of alkyl halides is 2. The molecule has 28 heavy (non-hydrogen) atoms. The van der Waals surface area contributed by atoms with Crippen molar-refractivity contribution in [3.05, 3.63) is 23.4 Å². The van der Waals surface area contributed by atoms with E-state index >= 15 is 0 Å². The summed E-state index contributed by atoms with van der Waals surface area (Å²) in [5, 5.41) is 6.43. The van der Waals surface area contributed by atoms with Crippen molar-refractivity contribution in [2.24, 2.45) is 0 Å². The van der Waals surface area contributed by atoms with Crippen molar-refractivity contribution in [3.8, 4) is 0 Å². The number of urea groups is 1. The number of hydrogen-bond donors (Lipinski definition) is 2. The summed E-state index contributed by atoms with van der Waals surface area (Å²) in [6.07, 6.45) is 2.80. The van der Waals surface area contributed by atoms with Crippen molar-refractivity contribution in [1.29, 1.82) is 0 Å². The molecular weight excluding hydrogens is 364 g/mol. The van der Waals surface area contributed by atoms with Gasteiger partial charge in [-0.05, 0) is 37.3 Å². The minimum atomic E-state index is -2.57. The van der Waals surface area contributed by atoms with Crippen LogP contribution < -0.4 is 15.5 Å². The summed E-state index contributed by atoms with van der Waals surface area (Å²) >= 11 is 0. The second-order valence-electron chi connectivity index (χ2n) is 8.66. The molecule has 2 saturated heterocycles. The molecule has 3 fully saturated rings. The van der Waals surface area contributed by atoms with E-state index in [9.17, 15) is 13.6 Å². The topological polar surface area (TPSA) is 60.5 Å². The molecule has 2 amide bonds. The van der Waals surface area contributed by atoms with E-state index in [1.807, 2.05) is 0 Å². The number of aromatic nitrogens is 1. The van der Waals surface area contributed by atoms with Crippen LogP contribution in [0, 0.1) is 0 Å². The molecular formula is C20H27F2N5O. The SMILES string of the molecule is O=C(NC1CCC(F)(F)CC1)N1Cc2ccc(N3C4CCC3CNC4)nc2C1. The quantitative estimate of drug-likeness (QED) is 0.814. The average Bonchev–Trinajstić information content (AvgIpc) is 3.21. The third-order valence-electron chi connectivity index (χ3n) is 6.73. The van der Waals surface area contributed by atoms with Crippen LogP contribution in [0.25, 0.3) is 0 Å². The summed E-state index contributed by atoms with van der Waals surface area (Å²) in [5.41, 5.74) is 2.04. The second kappa shape index (κ2) is 6.83. The Balaban J connectivity index is 1.23. The number of carbonyl (C=O) groups excluding carboxylic acids is 1. The molecule has 152 valence electrons. The molecule has 4 aliphatic rings. The maximum atomic E-state index is 13.3. The van der Waals surface area contributed by atoms with Crippen LogP contribution in [0.2, 0.25) is 0 Å². The van der Waals surface area contributed by atoms with E-state index < -0.39 is 5.92 Å². The maximum absolute atomic E-state index is 13.3. The van der Waals surface area contributed by atoms with Gasteiger partial charge in [0.2, 0.25) is 5.92 Å². The number of hydrogen-bond acceptors (Lipinski definition) is 4. The molecule has 1 aromatic rings. The van der Waals surface area contributed by atoms with Gasteiger partial charge in [0.25, 0.3) is 0 Å². The average molecular weight is 391 g/mol. The Kier molecular flexibility index (Phi) is 4.41. The smallest absolute Gasteiger partial charge is 0.318 e. The van der Waals surface area contributed by atoms with Crippen molar-refractivity contribution in [2.75, 3.05) is 18.0 Å². The lowest BCUT2D eigenvalue weighted by atomic mass is 9.92. The molecule has 2 atom stereocenters. The van der Waals surface area contributed by atoms with E-state index in [4.69, 9.17) is 4.98 Å². The van der Waals surface area contributed by atoms with Gasteiger partial charge in [-0.3, -0.25) is 0 Å². The number of amides is 2. The van der Waals surface area contributed by atoms with E-state index in [1.54, 1.807) is 4.90 Å². The van der Waals surface area contributed by atoms with Crippen molar-refractivity contribution >= 4 is 11.8 Å². The number of halogens is 2. The predicted molar refractivity (Wildman–Crippen MR) is 101 cm³/mol. The van der Waals surface area contributed by atoms with E-state index in [2.05, 4.69) is 27.7 Å². The molecule has 1 aliphatic carbocycles. The van der Waals surface area contributed by atoms with Crippen LogP contribution in [0.3, 0.4) is 0 Å². The number of fused-ring (bicyclic) bond motifs is 3. The van der Waals surface area contributed by atoms with Crippen molar-refractivity contribution < 1.29 is 13.6 Å². The summed E-state index contributed by atoms with van der Waals surface area (Å²) < 4.78 is 26.6. The summed E-state index contributed by atoms with van der Waals surface area (Å²) in [4.78, 5) is 21.7. The van der Waals surface area contributed by atoms with Gasteiger partial charge in [0.15, 0.2) is 0 Å². The fraction of sp³-hybridized carbons (Fsp3) is 0.700. The molecule has 0 radical (unpaired) electrons. The number of piperazine rings is 1. The van der Waals surface area contributed by atoms with Crippen LogP contribution in [0.4, 0.5) is 19.4 Å². The largest absolute Gasteiger partial charge is 0.348 e. The van der Waals surface area contributed by atoms with Gasteiger partial charge < -0.3 is 20.4 Å². The standard InChI is InChI=1S/C20H27F2N5O/c21-20(22)7-5-14(6-8-20)24-19(28)26-11-13-1-4-18(25-17(13)12-26)27-15-2-3-16(27)10-23-9-15/h1,4,14-16,23H,2-3,5-12H2,(H,24,28). The molecule has 3 aliphatic heterocycles. The van der Waals surface area contributed by atoms with Crippen molar-refractivity contribution in [1.82, 2.24) is 20.5 Å². The van der Waals surface area contributed by atoms with Crippen molar-refractivity contribution in [2.45, 2.75) is 75.7 Å². The fourth-order valence-corrected chi connectivity index (χ4v) is 5.13. The molecule has 1 aromatic heterocycles. The first-order valence-electron chi connectivity index (χ1n) is 10.4. The minimum absolute atomic E-state index is 0.143. The van der Waals surface area contributed by atoms with E-state index in [0.717, 1.165) is 30.2 Å². The Bertz CT molecular complexity index is 747. The van der Waals surface area contributed by atoms with Gasteiger partial charge in [0.1, 0.15) is 5.82 Å². The molecule has 0 aromatic carbocycles. The number of pyridine rings is 1. The zero-order valence-electron chi connectivity index (χ0n) is 16.0. The molecule has 2 bridgehead atoms. The molecule has 6 nitrogen and oxygen atoms in total. The van der Waals surface area contributed by atoms with Gasteiger partial charge in [0, 0.05) is 50.6 Å². The lowest BCUT2D eigenvalue weighted by molar-refractivity contribution is -0.0398. The van der Waals surface area contributed by atoms with Crippen LogP contribution >= 0.6 is 0 Å². The Morgan fingerprint density at radius 2 is 1.82 bits per heavy atom. The number of carbonyl (C=O) groups is 1. The third-order valence-corrected chi connectivity index (χ3v) is 6.73. The monoisotopic (exact) mass is 391 g/mol. The van der Waals surface area contributed by atoms with E-state index in [0.29, 0.717) is 38.0 Å². The first-order chi connectivity index (χ1) is 13.5. The molecule has 8 heteroatoms. The summed E-state index contributed by atoms with van der Waals surface area (Å²) in [6.45, 7) is 3.03. The normalized spacial score (nSPS) is 29.1. The highest BCUT2D eigenvalue weighted by atomic mass is 19.3. The Morgan fingerprint density at radius 1 is 1.11 bits per heavy atom. The van der Waals surface area contributed by atoms with Crippen LogP contribution in [0.5, 0.6) is 0 Å². The number of nitrogens with zero attached hydrogens (tertiary/aromatic N) is 3. The van der Waals surface area contributed by atoms with Gasteiger partial charge in [-0.2, -0.15) is 0 Å². The highest BCUT2D eigenvalue weighted by Crippen LogP contribution is 2.34. The molecule has 2 N–H and O–H groups in total. The van der Waals surface area contributed by atoms with Gasteiger partial charge in [0.05, 0.1) is 12.2 Å². The second-order valence-corrected chi connectivity index (χ2v) is 8.66. The first kappa shape index (κ1) is 18.1. The lowest BCUT2D eigenvalue weighted by Crippen LogP contribution is -2.52. The summed E-state index contributed by atoms with van der Waals surface area (Å²) in [5.74, 6) is -1.56. The highest BCUT2D eigenvalue weighted by molar-refractivity contribution is 5.75. The summed E-state index contributed by atoms with van der Waals surface area (Å²) in [7, 11) is 0. The Labute approximate surface area is 163 Å². The maximum Gasteiger partial charge on any atom is 0.318 e. The molecule has 4 heterocycles. The van der Waals surface area contributed by atoms with Crippen molar-refractivity contribution in [3.63, 3.8) is 0 Å². The number of nitrogens with one attached hydrogen (secondary N) is 2. The lowest BCUT2D eigenvalue weighted by Gasteiger charge is -2.36. The van der Waals surface area contributed by atoms with Crippen LogP contribution in [-0.2, 0) is 13.1 Å². The van der Waals surface area contributed by atoms with Crippen LogP contribution in [0.15, 0.2) is 12.1 Å². The zero-order valence-corrected chi connectivity index (χ0v) is 16.0. The highest BCUT2D eigenvalue weighted by Gasteiger charge is 2.38. The Morgan fingerprint density at radius 3 is 2.54 bits per heavy atom.